The van der Waals surface area contributed by atoms with Crippen LogP contribution in [0, 0.1) is 0 Å². The Hall–Kier alpha value is -0.910. The molecule has 2 atom stereocenters. The van der Waals surface area contributed by atoms with E-state index in [0.29, 0.717) is 18.1 Å². The summed E-state index contributed by atoms with van der Waals surface area (Å²) in [6.07, 6.45) is 0. The number of methoxy groups -OCH3 is 2. The molecule has 1 rings (SSSR count). The van der Waals surface area contributed by atoms with Crippen LogP contribution in [0.5, 0.6) is 5.75 Å². The Morgan fingerprint density at radius 1 is 1.32 bits per heavy atom. The Balaban J connectivity index is 2.78. The fourth-order valence-electron chi connectivity index (χ4n) is 1.90. The van der Waals surface area contributed by atoms with E-state index >= 15 is 0 Å². The lowest BCUT2D eigenvalue weighted by Gasteiger charge is -2.20. The van der Waals surface area contributed by atoms with Gasteiger partial charge < -0.3 is 14.8 Å². The molecule has 19 heavy (non-hydrogen) atoms. The maximum atomic E-state index is 12.0. The van der Waals surface area contributed by atoms with Gasteiger partial charge in [-0.2, -0.15) is 0 Å². The molecule has 0 aliphatic heterocycles. The van der Waals surface area contributed by atoms with E-state index in [9.17, 15) is 4.21 Å². The summed E-state index contributed by atoms with van der Waals surface area (Å²) >= 11 is 0. The second-order valence-corrected chi connectivity index (χ2v) is 5.78. The number of rotatable bonds is 9. The fourth-order valence-corrected chi connectivity index (χ4v) is 3.09. The third-order valence-electron chi connectivity index (χ3n) is 2.83. The summed E-state index contributed by atoms with van der Waals surface area (Å²) in [7, 11) is 2.38. The van der Waals surface area contributed by atoms with Gasteiger partial charge in [0.2, 0.25) is 0 Å². The Labute approximate surface area is 118 Å². The van der Waals surface area contributed by atoms with Crippen molar-refractivity contribution in [2.24, 2.45) is 0 Å². The van der Waals surface area contributed by atoms with Crippen LogP contribution in [-0.4, -0.2) is 43.1 Å². The number of nitrogens with one attached hydrogen (secondary N) is 1. The van der Waals surface area contributed by atoms with E-state index in [2.05, 4.69) is 5.32 Å². The van der Waals surface area contributed by atoms with Gasteiger partial charge in [0.1, 0.15) is 5.75 Å². The van der Waals surface area contributed by atoms with Gasteiger partial charge in [0.05, 0.1) is 13.7 Å². The maximum Gasteiger partial charge on any atom is 0.123 e. The van der Waals surface area contributed by atoms with Gasteiger partial charge in [-0.15, -0.1) is 0 Å². The highest BCUT2D eigenvalue weighted by Gasteiger charge is 2.17. The van der Waals surface area contributed by atoms with Gasteiger partial charge in [-0.25, -0.2) is 0 Å². The molecule has 0 saturated heterocycles. The van der Waals surface area contributed by atoms with Crippen molar-refractivity contribution < 1.29 is 13.7 Å². The predicted octanol–water partition coefficient (Wildman–Crippen LogP) is 1.74. The van der Waals surface area contributed by atoms with Crippen molar-refractivity contribution in [2.75, 3.05) is 38.9 Å². The van der Waals surface area contributed by atoms with Crippen LogP contribution in [0.1, 0.15) is 18.5 Å². The molecule has 4 nitrogen and oxygen atoms in total. The smallest absolute Gasteiger partial charge is 0.123 e. The van der Waals surface area contributed by atoms with Gasteiger partial charge in [-0.3, -0.25) is 4.21 Å². The molecule has 0 spiro atoms. The molecule has 0 amide bonds. The van der Waals surface area contributed by atoms with Crippen molar-refractivity contribution in [3.05, 3.63) is 29.8 Å². The minimum atomic E-state index is -0.905. The Bertz CT molecular complexity index is 398. The van der Waals surface area contributed by atoms with E-state index in [1.165, 1.54) is 0 Å². The average molecular weight is 285 g/mol. The molecule has 1 aromatic rings. The highest BCUT2D eigenvalue weighted by atomic mass is 32.2. The molecule has 0 radical (unpaired) electrons. The monoisotopic (exact) mass is 285 g/mol. The number of ether oxygens (including phenoxy) is 2. The summed E-state index contributed by atoms with van der Waals surface area (Å²) in [6, 6.07) is 7.89. The first-order valence-corrected chi connectivity index (χ1v) is 7.91. The lowest BCUT2D eigenvalue weighted by Crippen LogP contribution is -2.27. The van der Waals surface area contributed by atoms with Crippen molar-refractivity contribution in [2.45, 2.75) is 13.0 Å². The number of hydrogen-bond acceptors (Lipinski definition) is 4. The summed E-state index contributed by atoms with van der Waals surface area (Å²) in [5, 5.41) is 3.37. The van der Waals surface area contributed by atoms with Crippen molar-refractivity contribution in [3.63, 3.8) is 0 Å². The molecule has 0 heterocycles. The van der Waals surface area contributed by atoms with Crippen molar-refractivity contribution >= 4 is 10.8 Å². The lowest BCUT2D eigenvalue weighted by atomic mass is 10.1. The zero-order chi connectivity index (χ0) is 14.1. The van der Waals surface area contributed by atoms with Crippen LogP contribution in [0.15, 0.2) is 24.3 Å². The van der Waals surface area contributed by atoms with Gasteiger partial charge in [0.15, 0.2) is 0 Å². The first kappa shape index (κ1) is 16.1. The van der Waals surface area contributed by atoms with Crippen LogP contribution in [0.25, 0.3) is 0 Å². The maximum absolute atomic E-state index is 12.0. The molecule has 0 fully saturated rings. The average Bonchev–Trinajstić information content (AvgIpc) is 2.44. The highest BCUT2D eigenvalue weighted by molar-refractivity contribution is 7.85. The number of hydrogen-bond donors (Lipinski definition) is 1. The summed E-state index contributed by atoms with van der Waals surface area (Å²) < 4.78 is 22.3. The van der Waals surface area contributed by atoms with E-state index in [0.717, 1.165) is 17.9 Å². The first-order chi connectivity index (χ1) is 9.22. The zero-order valence-electron chi connectivity index (χ0n) is 11.8. The topological polar surface area (TPSA) is 47.6 Å². The van der Waals surface area contributed by atoms with E-state index in [4.69, 9.17) is 9.47 Å². The second kappa shape index (κ2) is 9.07. The molecule has 0 saturated carbocycles. The Morgan fingerprint density at radius 3 is 2.68 bits per heavy atom. The van der Waals surface area contributed by atoms with Crippen molar-refractivity contribution in [3.8, 4) is 5.75 Å². The molecular formula is C14H23NO3S. The van der Waals surface area contributed by atoms with Crippen LogP contribution < -0.4 is 10.1 Å². The minimum absolute atomic E-state index is 0.0406. The van der Waals surface area contributed by atoms with E-state index in [1.54, 1.807) is 14.2 Å². The van der Waals surface area contributed by atoms with Crippen LogP contribution >= 0.6 is 0 Å². The standard InChI is InChI=1S/C14H23NO3S/c1-4-15-13(11-19(16)10-9-17-2)12-7-5-6-8-14(12)18-3/h5-8,13,15H,4,9-11H2,1-3H3. The molecule has 2 unspecified atom stereocenters. The van der Waals surface area contributed by atoms with Crippen molar-refractivity contribution in [1.29, 1.82) is 0 Å². The molecule has 0 aliphatic carbocycles. The van der Waals surface area contributed by atoms with Gasteiger partial charge >= 0.3 is 0 Å². The zero-order valence-corrected chi connectivity index (χ0v) is 12.7. The van der Waals surface area contributed by atoms with Crippen LogP contribution in [-0.2, 0) is 15.5 Å². The van der Waals surface area contributed by atoms with Crippen LogP contribution in [0.4, 0.5) is 0 Å². The van der Waals surface area contributed by atoms with Gasteiger partial charge in [-0.05, 0) is 12.6 Å². The molecule has 1 N–H and O–H groups in total. The third-order valence-corrected chi connectivity index (χ3v) is 4.16. The molecular weight excluding hydrogens is 262 g/mol. The molecule has 1 aromatic carbocycles. The number of benzene rings is 1. The quantitative estimate of drug-likeness (QED) is 0.751. The fraction of sp³-hybridized carbons (Fsp3) is 0.571. The lowest BCUT2D eigenvalue weighted by molar-refractivity contribution is 0.218. The van der Waals surface area contributed by atoms with Crippen LogP contribution in [0.2, 0.25) is 0 Å². The van der Waals surface area contributed by atoms with E-state index in [-0.39, 0.29) is 6.04 Å². The molecule has 5 heteroatoms. The van der Waals surface area contributed by atoms with Crippen molar-refractivity contribution in [1.82, 2.24) is 5.32 Å². The van der Waals surface area contributed by atoms with Gasteiger partial charge in [0, 0.05) is 41.0 Å². The number of para-hydroxylation sites is 1. The summed E-state index contributed by atoms with van der Waals surface area (Å²) in [5.74, 6) is 1.96. The second-order valence-electron chi connectivity index (χ2n) is 4.16. The highest BCUT2D eigenvalue weighted by Crippen LogP contribution is 2.25. The SMILES string of the molecule is CCNC(CS(=O)CCOC)c1ccccc1OC. The minimum Gasteiger partial charge on any atom is -0.496 e. The Morgan fingerprint density at radius 2 is 2.05 bits per heavy atom. The van der Waals surface area contributed by atoms with E-state index < -0.39 is 10.8 Å². The summed E-state index contributed by atoms with van der Waals surface area (Å²) in [4.78, 5) is 0. The normalized spacial score (nSPS) is 14.1. The van der Waals surface area contributed by atoms with E-state index in [1.807, 2.05) is 31.2 Å². The Kier molecular flexibility index (Phi) is 7.70. The predicted molar refractivity (Wildman–Crippen MR) is 79.2 cm³/mol. The summed E-state index contributed by atoms with van der Waals surface area (Å²) in [6.45, 7) is 3.39. The molecule has 0 aliphatic rings. The van der Waals surface area contributed by atoms with Gasteiger partial charge in [0.25, 0.3) is 0 Å². The molecule has 0 bridgehead atoms. The van der Waals surface area contributed by atoms with Gasteiger partial charge in [-0.1, -0.05) is 25.1 Å². The summed E-state index contributed by atoms with van der Waals surface area (Å²) in [5.41, 5.74) is 1.05. The largest absolute Gasteiger partial charge is 0.496 e. The molecule has 0 aromatic heterocycles. The first-order valence-electron chi connectivity index (χ1n) is 6.43. The third kappa shape index (κ3) is 5.30. The van der Waals surface area contributed by atoms with Crippen LogP contribution in [0.3, 0.4) is 0 Å². The molecule has 108 valence electrons.